The number of benzene rings is 3. The Labute approximate surface area is 205 Å². The van der Waals surface area contributed by atoms with Crippen molar-refractivity contribution in [2.24, 2.45) is 0 Å². The normalized spacial score (nSPS) is 7.21. The third kappa shape index (κ3) is 13.4. The molecule has 7 heteroatoms. The third-order valence-corrected chi connectivity index (χ3v) is 5.49. The monoisotopic (exact) mass is 452 g/mol. The van der Waals surface area contributed by atoms with Gasteiger partial charge in [-0.3, -0.25) is 0 Å². The Balaban J connectivity index is -0.000000281. The molecule has 0 aliphatic heterocycles. The van der Waals surface area contributed by atoms with Crippen LogP contribution in [0.3, 0.4) is 0 Å². The maximum absolute atomic E-state index is 7.50. The molecular weight excluding hydrogens is 437 g/mol. The minimum Gasteiger partial charge on any atom is -0.0622 e. The Morgan fingerprint density at radius 2 is 0.586 bits per heavy atom. The van der Waals surface area contributed by atoms with E-state index in [1.807, 2.05) is 0 Å². The van der Waals surface area contributed by atoms with Crippen molar-refractivity contribution in [3.8, 4) is 0 Å². The van der Waals surface area contributed by atoms with Crippen molar-refractivity contribution < 1.29 is 35.7 Å². The van der Waals surface area contributed by atoms with Crippen LogP contribution in [0.5, 0.6) is 0 Å². The first-order chi connectivity index (χ1) is 13.4. The van der Waals surface area contributed by atoms with Crippen molar-refractivity contribution in [2.75, 3.05) is 0 Å². The van der Waals surface area contributed by atoms with Gasteiger partial charge in [0, 0.05) is 46.6 Å². The van der Waals surface area contributed by atoms with E-state index in [9.17, 15) is 0 Å². The van der Waals surface area contributed by atoms with Gasteiger partial charge in [-0.2, -0.15) is 0 Å². The molecule has 0 bridgehead atoms. The van der Waals surface area contributed by atoms with Gasteiger partial charge in [0.2, 0.25) is 0 Å². The van der Waals surface area contributed by atoms with Gasteiger partial charge < -0.3 is 0 Å². The van der Waals surface area contributed by atoms with E-state index in [-0.39, 0.29) is 46.6 Å². The molecule has 0 aliphatic rings. The molecule has 0 amide bonds. The van der Waals surface area contributed by atoms with Crippen molar-refractivity contribution in [3.63, 3.8) is 0 Å². The molecule has 3 rings (SSSR count). The maximum atomic E-state index is 7.50. The van der Waals surface area contributed by atoms with E-state index < -0.39 is 7.92 Å². The molecule has 0 aromatic heterocycles. The minimum atomic E-state index is -0.446. The summed E-state index contributed by atoms with van der Waals surface area (Å²) in [6.45, 7) is 18.0. The zero-order chi connectivity index (χ0) is 20.9. The summed E-state index contributed by atoms with van der Waals surface area (Å²) < 4.78 is 30.0. The Kier molecular flexibility index (Phi) is 32.1. The quantitative estimate of drug-likeness (QED) is 0.254. The maximum Gasteiger partial charge on any atom is 0 e. The van der Waals surface area contributed by atoms with Crippen LogP contribution in [0.1, 0.15) is 0 Å². The molecule has 2 radical (unpaired) electrons. The Hall–Kier alpha value is -1.43. The van der Waals surface area contributed by atoms with Crippen molar-refractivity contribution in [3.05, 3.63) is 118 Å². The molecule has 3 aromatic carbocycles. The van der Waals surface area contributed by atoms with Crippen LogP contribution in [0.25, 0.3) is 0 Å². The summed E-state index contributed by atoms with van der Waals surface area (Å²) in [5, 5.41) is 4.19. The van der Waals surface area contributed by atoms with Gasteiger partial charge in [-0.15, -0.1) is 0 Å². The molecule has 3 aromatic rings. The van der Waals surface area contributed by atoms with Gasteiger partial charge in [-0.25, -0.2) is 0 Å². The molecule has 0 unspecified atom stereocenters. The summed E-state index contributed by atoms with van der Waals surface area (Å²) in [7, 11) is -0.446. The molecular formula is C22H15MnNaO4P. The first-order valence-electron chi connectivity index (χ1n) is 7.22. The fraction of sp³-hybridized carbons (Fsp3) is 0. The van der Waals surface area contributed by atoms with E-state index in [2.05, 4.69) is 118 Å². The Morgan fingerprint density at radius 1 is 0.414 bits per heavy atom. The summed E-state index contributed by atoms with van der Waals surface area (Å²) in [5.41, 5.74) is 0. The molecule has 0 fully saturated rings. The molecule has 140 valence electrons. The SMILES string of the molecule is [C-]#[O+].[C-]#[O+].[C-]#[O+].[C-]#[O+].[Mn].[Na].c1ccc(P(c2ccccc2)c2ccccc2)cc1. The van der Waals surface area contributed by atoms with Crippen LogP contribution < -0.4 is 15.9 Å². The van der Waals surface area contributed by atoms with Crippen LogP contribution in [-0.2, 0) is 35.7 Å². The van der Waals surface area contributed by atoms with Gasteiger partial charge in [0.15, 0.2) is 0 Å². The van der Waals surface area contributed by atoms with Gasteiger partial charge in [-0.05, 0) is 23.8 Å². The minimum absolute atomic E-state index is 0. The molecule has 0 saturated heterocycles. The topological polar surface area (TPSA) is 79.6 Å². The van der Waals surface area contributed by atoms with Crippen LogP contribution in [-0.4, -0.2) is 29.6 Å². The van der Waals surface area contributed by atoms with Crippen molar-refractivity contribution in [1.29, 1.82) is 0 Å². The van der Waals surface area contributed by atoms with Gasteiger partial charge >= 0.3 is 45.2 Å². The third-order valence-electron chi connectivity index (χ3n) is 3.04. The molecule has 29 heavy (non-hydrogen) atoms. The summed E-state index contributed by atoms with van der Waals surface area (Å²) in [4.78, 5) is 0. The molecule has 0 N–H and O–H groups in total. The molecule has 0 heterocycles. The van der Waals surface area contributed by atoms with Crippen molar-refractivity contribution in [2.45, 2.75) is 0 Å². The van der Waals surface area contributed by atoms with Gasteiger partial charge in [0.1, 0.15) is 0 Å². The predicted octanol–water partition coefficient (Wildman–Crippen LogP) is 2.91. The van der Waals surface area contributed by atoms with Crippen LogP contribution in [0, 0.1) is 26.6 Å². The average molecular weight is 452 g/mol. The Morgan fingerprint density at radius 3 is 0.759 bits per heavy atom. The standard InChI is InChI=1S/C18H15P.4CO.Mn.Na/c1-4-10-16(11-5-1)19(17-12-6-2-7-13-17)18-14-8-3-9-15-18;4*1-2;;/h1-15H;;;;;;. The first kappa shape index (κ1) is 35.0. The summed E-state index contributed by atoms with van der Waals surface area (Å²) >= 11 is 0. The number of rotatable bonds is 3. The zero-order valence-electron chi connectivity index (χ0n) is 15.6. The predicted molar refractivity (Wildman–Crippen MR) is 107 cm³/mol. The molecule has 0 aliphatic carbocycles. The first-order valence-corrected chi connectivity index (χ1v) is 8.56. The van der Waals surface area contributed by atoms with Crippen LogP contribution in [0.4, 0.5) is 0 Å². The van der Waals surface area contributed by atoms with E-state index in [4.69, 9.17) is 18.6 Å². The van der Waals surface area contributed by atoms with Crippen LogP contribution in [0.15, 0.2) is 91.0 Å². The molecule has 0 atom stereocenters. The van der Waals surface area contributed by atoms with E-state index in [1.165, 1.54) is 15.9 Å². The zero-order valence-corrected chi connectivity index (χ0v) is 19.7. The number of hydrogen-bond donors (Lipinski definition) is 0. The van der Waals surface area contributed by atoms with Crippen LogP contribution >= 0.6 is 7.92 Å². The molecule has 0 spiro atoms. The summed E-state index contributed by atoms with van der Waals surface area (Å²) in [5.74, 6) is 0. The van der Waals surface area contributed by atoms with E-state index in [0.29, 0.717) is 0 Å². The smallest absolute Gasteiger partial charge is 0 e. The Bertz CT molecular complexity index is 689. The van der Waals surface area contributed by atoms with E-state index >= 15 is 0 Å². The summed E-state index contributed by atoms with van der Waals surface area (Å²) in [6.07, 6.45) is 0. The average Bonchev–Trinajstić information content (AvgIpc) is 2.82. The largest absolute Gasteiger partial charge is 0.0622 e. The second-order valence-corrected chi connectivity index (χ2v) is 6.56. The fourth-order valence-electron chi connectivity index (χ4n) is 2.18. The molecule has 4 nitrogen and oxygen atoms in total. The van der Waals surface area contributed by atoms with Crippen LogP contribution in [0.2, 0.25) is 0 Å². The van der Waals surface area contributed by atoms with Gasteiger partial charge in [0.25, 0.3) is 0 Å². The van der Waals surface area contributed by atoms with Gasteiger partial charge in [0.05, 0.1) is 0 Å². The summed E-state index contributed by atoms with van der Waals surface area (Å²) in [6, 6.07) is 32.3. The van der Waals surface area contributed by atoms with E-state index in [0.717, 1.165) is 0 Å². The molecule has 0 saturated carbocycles. The van der Waals surface area contributed by atoms with Gasteiger partial charge in [-0.1, -0.05) is 91.0 Å². The second kappa shape index (κ2) is 26.6. The number of hydrogen-bond acceptors (Lipinski definition) is 0. The van der Waals surface area contributed by atoms with E-state index in [1.54, 1.807) is 0 Å². The fourth-order valence-corrected chi connectivity index (χ4v) is 4.48. The van der Waals surface area contributed by atoms with Crippen molar-refractivity contribution >= 4 is 53.4 Å². The van der Waals surface area contributed by atoms with Crippen molar-refractivity contribution in [1.82, 2.24) is 0 Å². The second-order valence-electron chi connectivity index (χ2n) is 4.34.